The van der Waals surface area contributed by atoms with Gasteiger partial charge in [0.05, 0.1) is 11.6 Å². The summed E-state index contributed by atoms with van der Waals surface area (Å²) in [5.41, 5.74) is 0. The first kappa shape index (κ1) is 16.4. The third-order valence-electron chi connectivity index (χ3n) is 3.71. The minimum atomic E-state index is 0.113. The fraction of sp³-hybridized carbons (Fsp3) is 0.733. The average Bonchev–Trinajstić information content (AvgIpc) is 2.91. The Morgan fingerprint density at radius 3 is 3.19 bits per heavy atom. The Kier molecular flexibility index (Phi) is 6.60. The van der Waals surface area contributed by atoms with Crippen molar-refractivity contribution in [3.05, 3.63) is 16.1 Å². The molecular weight excluding hydrogens is 286 g/mol. The molecule has 6 heteroatoms. The number of methoxy groups -OCH3 is 1. The van der Waals surface area contributed by atoms with Gasteiger partial charge in [-0.25, -0.2) is 4.98 Å². The number of hydrogen-bond acceptors (Lipinski definition) is 5. The third-order valence-corrected chi connectivity index (χ3v) is 4.78. The van der Waals surface area contributed by atoms with E-state index in [0.717, 1.165) is 25.9 Å². The zero-order valence-electron chi connectivity index (χ0n) is 12.9. The predicted octanol–water partition coefficient (Wildman–Crippen LogP) is 1.78. The maximum absolute atomic E-state index is 11.9. The lowest BCUT2D eigenvalue weighted by Gasteiger charge is -2.31. The van der Waals surface area contributed by atoms with E-state index in [1.807, 2.05) is 6.20 Å². The lowest BCUT2D eigenvalue weighted by Crippen LogP contribution is -2.42. The lowest BCUT2D eigenvalue weighted by atomic mass is 9.99. The van der Waals surface area contributed by atoms with Crippen molar-refractivity contribution >= 4 is 17.2 Å². The lowest BCUT2D eigenvalue weighted by molar-refractivity contribution is -0.122. The Morgan fingerprint density at radius 1 is 1.62 bits per heavy atom. The molecule has 1 N–H and O–H groups in total. The van der Waals surface area contributed by atoms with Gasteiger partial charge in [-0.1, -0.05) is 0 Å². The fourth-order valence-corrected chi connectivity index (χ4v) is 3.56. The van der Waals surface area contributed by atoms with Crippen molar-refractivity contribution in [2.24, 2.45) is 0 Å². The number of piperidine rings is 1. The van der Waals surface area contributed by atoms with Crippen molar-refractivity contribution < 1.29 is 9.53 Å². The second-order valence-electron chi connectivity index (χ2n) is 5.58. The Morgan fingerprint density at radius 2 is 2.48 bits per heavy atom. The highest BCUT2D eigenvalue weighted by atomic mass is 32.1. The van der Waals surface area contributed by atoms with Gasteiger partial charge in [-0.15, -0.1) is 11.3 Å². The van der Waals surface area contributed by atoms with Gasteiger partial charge in [0, 0.05) is 43.8 Å². The van der Waals surface area contributed by atoms with E-state index in [1.165, 1.54) is 16.3 Å². The molecule has 0 saturated carbocycles. The number of carbonyl (C=O) groups excluding carboxylic acids is 1. The maximum Gasteiger partial charge on any atom is 0.234 e. The summed E-state index contributed by atoms with van der Waals surface area (Å²) >= 11 is 1.78. The van der Waals surface area contributed by atoms with Gasteiger partial charge in [-0.05, 0) is 32.7 Å². The first-order valence-corrected chi connectivity index (χ1v) is 8.41. The van der Waals surface area contributed by atoms with Crippen LogP contribution in [0, 0.1) is 6.92 Å². The molecule has 0 spiro atoms. The Labute approximate surface area is 130 Å². The standard InChI is InChI=1S/C15H25N3O2S/c1-12-9-17-15(21-12)13-5-3-7-18(10-13)11-14(19)16-6-4-8-20-2/h9,13H,3-8,10-11H2,1-2H3,(H,16,19)/t13-/m0/s1. The number of hydrogen-bond donors (Lipinski definition) is 1. The van der Waals surface area contributed by atoms with Crippen LogP contribution in [0.25, 0.3) is 0 Å². The molecule has 5 nitrogen and oxygen atoms in total. The molecule has 0 bridgehead atoms. The molecule has 1 saturated heterocycles. The molecule has 0 aromatic carbocycles. The van der Waals surface area contributed by atoms with Gasteiger partial charge >= 0.3 is 0 Å². The molecule has 0 unspecified atom stereocenters. The third kappa shape index (κ3) is 5.37. The summed E-state index contributed by atoms with van der Waals surface area (Å²) in [4.78, 5) is 19.9. The molecule has 1 amide bonds. The van der Waals surface area contributed by atoms with E-state index in [4.69, 9.17) is 4.74 Å². The summed E-state index contributed by atoms with van der Waals surface area (Å²) in [5.74, 6) is 0.598. The summed E-state index contributed by atoms with van der Waals surface area (Å²) in [6.45, 7) is 5.92. The van der Waals surface area contributed by atoms with E-state index in [2.05, 4.69) is 22.1 Å². The number of carbonyl (C=O) groups is 1. The van der Waals surface area contributed by atoms with Gasteiger partial charge in [0.25, 0.3) is 0 Å². The highest BCUT2D eigenvalue weighted by Gasteiger charge is 2.24. The zero-order valence-corrected chi connectivity index (χ0v) is 13.7. The molecule has 2 heterocycles. The first-order chi connectivity index (χ1) is 10.2. The van der Waals surface area contributed by atoms with E-state index >= 15 is 0 Å². The largest absolute Gasteiger partial charge is 0.385 e. The maximum atomic E-state index is 11.9. The number of thiazole rings is 1. The molecular formula is C15H25N3O2S. The van der Waals surface area contributed by atoms with E-state index in [9.17, 15) is 4.79 Å². The highest BCUT2D eigenvalue weighted by Crippen LogP contribution is 2.29. The van der Waals surface area contributed by atoms with Crippen LogP contribution in [0.2, 0.25) is 0 Å². The number of ether oxygens (including phenoxy) is 1. The van der Waals surface area contributed by atoms with Crippen LogP contribution in [0.15, 0.2) is 6.20 Å². The van der Waals surface area contributed by atoms with Crippen molar-refractivity contribution in [3.63, 3.8) is 0 Å². The zero-order chi connectivity index (χ0) is 15.1. The van der Waals surface area contributed by atoms with Gasteiger partial charge in [-0.2, -0.15) is 0 Å². The number of nitrogens with zero attached hydrogens (tertiary/aromatic N) is 2. The second kappa shape index (κ2) is 8.46. The molecule has 1 aliphatic heterocycles. The SMILES string of the molecule is COCCCNC(=O)CN1CCC[C@H](c2ncc(C)s2)C1. The van der Waals surface area contributed by atoms with Gasteiger partial charge < -0.3 is 10.1 Å². The summed E-state index contributed by atoms with van der Waals surface area (Å²) in [5, 5.41) is 4.17. The van der Waals surface area contributed by atoms with Crippen LogP contribution in [0.1, 0.15) is 35.1 Å². The van der Waals surface area contributed by atoms with Gasteiger partial charge in [0.2, 0.25) is 5.91 Å². The van der Waals surface area contributed by atoms with E-state index in [-0.39, 0.29) is 5.91 Å². The normalized spacial score (nSPS) is 19.6. The van der Waals surface area contributed by atoms with E-state index in [0.29, 0.717) is 25.6 Å². The smallest absolute Gasteiger partial charge is 0.234 e. The minimum absolute atomic E-state index is 0.113. The fourth-order valence-electron chi connectivity index (χ4n) is 2.66. The number of likely N-dealkylation sites (tertiary alicyclic amines) is 1. The van der Waals surface area contributed by atoms with Crippen LogP contribution in [0.3, 0.4) is 0 Å². The van der Waals surface area contributed by atoms with E-state index in [1.54, 1.807) is 18.4 Å². The molecule has 2 rings (SSSR count). The van der Waals surface area contributed by atoms with Crippen molar-refractivity contribution in [1.29, 1.82) is 0 Å². The highest BCUT2D eigenvalue weighted by molar-refractivity contribution is 7.11. The molecule has 1 aliphatic rings. The number of aromatic nitrogens is 1. The van der Waals surface area contributed by atoms with Crippen LogP contribution >= 0.6 is 11.3 Å². The molecule has 0 aliphatic carbocycles. The van der Waals surface area contributed by atoms with Crippen LogP contribution in [-0.2, 0) is 9.53 Å². The molecule has 1 aromatic rings. The van der Waals surface area contributed by atoms with Crippen molar-refractivity contribution in [3.8, 4) is 0 Å². The molecule has 1 aromatic heterocycles. The molecule has 1 atom stereocenters. The summed E-state index contributed by atoms with van der Waals surface area (Å²) in [6, 6.07) is 0. The number of aryl methyl sites for hydroxylation is 1. The Hall–Kier alpha value is -0.980. The van der Waals surface area contributed by atoms with Crippen LogP contribution in [-0.4, -0.2) is 55.7 Å². The van der Waals surface area contributed by atoms with Gasteiger partial charge in [-0.3, -0.25) is 9.69 Å². The summed E-state index contributed by atoms with van der Waals surface area (Å²) in [6.07, 6.45) is 5.13. The minimum Gasteiger partial charge on any atom is -0.385 e. The average molecular weight is 311 g/mol. The van der Waals surface area contributed by atoms with Crippen molar-refractivity contribution in [2.75, 3.05) is 39.9 Å². The van der Waals surface area contributed by atoms with Crippen molar-refractivity contribution in [2.45, 2.75) is 32.1 Å². The van der Waals surface area contributed by atoms with Gasteiger partial charge in [0.15, 0.2) is 0 Å². The monoisotopic (exact) mass is 311 g/mol. The quantitative estimate of drug-likeness (QED) is 0.780. The molecule has 21 heavy (non-hydrogen) atoms. The van der Waals surface area contributed by atoms with E-state index < -0.39 is 0 Å². The predicted molar refractivity (Wildman–Crippen MR) is 84.8 cm³/mol. The number of nitrogens with one attached hydrogen (secondary N) is 1. The second-order valence-corrected chi connectivity index (χ2v) is 6.85. The first-order valence-electron chi connectivity index (χ1n) is 7.59. The molecule has 0 radical (unpaired) electrons. The molecule has 1 fully saturated rings. The van der Waals surface area contributed by atoms with Crippen LogP contribution in [0.4, 0.5) is 0 Å². The van der Waals surface area contributed by atoms with Crippen LogP contribution < -0.4 is 5.32 Å². The Balaban J connectivity index is 1.74. The topological polar surface area (TPSA) is 54.5 Å². The molecule has 118 valence electrons. The summed E-state index contributed by atoms with van der Waals surface area (Å²) < 4.78 is 4.97. The van der Waals surface area contributed by atoms with Crippen LogP contribution in [0.5, 0.6) is 0 Å². The Bertz CT molecular complexity index is 450. The van der Waals surface area contributed by atoms with Crippen molar-refractivity contribution in [1.82, 2.24) is 15.2 Å². The number of rotatable bonds is 7. The van der Waals surface area contributed by atoms with Gasteiger partial charge in [0.1, 0.15) is 0 Å². The number of amides is 1. The summed E-state index contributed by atoms with van der Waals surface area (Å²) in [7, 11) is 1.68.